The molecule has 3 nitrogen and oxygen atoms in total. The van der Waals surface area contributed by atoms with Crippen LogP contribution < -0.4 is 5.32 Å². The molecule has 3 heteroatoms. The Balaban J connectivity index is 1.83. The second-order valence-electron chi connectivity index (χ2n) is 5.71. The quantitative estimate of drug-likeness (QED) is 0.792. The number of aliphatic imine (C=N–C) groups is 1. The second-order valence-corrected chi connectivity index (χ2v) is 5.71. The SMILES string of the molecule is CC1(C)COC(C2(C)NC2c2ccccc2)=N1. The minimum absolute atomic E-state index is 0.0795. The predicted molar refractivity (Wildman–Crippen MR) is 68.2 cm³/mol. The van der Waals surface area contributed by atoms with Gasteiger partial charge in [-0.15, -0.1) is 0 Å². The van der Waals surface area contributed by atoms with Gasteiger partial charge in [0.05, 0.1) is 11.6 Å². The van der Waals surface area contributed by atoms with Crippen LogP contribution in [0, 0.1) is 0 Å². The number of rotatable bonds is 2. The maximum absolute atomic E-state index is 5.73. The summed E-state index contributed by atoms with van der Waals surface area (Å²) in [6.45, 7) is 7.04. The van der Waals surface area contributed by atoms with Crippen LogP contribution in [0.15, 0.2) is 35.3 Å². The van der Waals surface area contributed by atoms with Crippen molar-refractivity contribution in [2.45, 2.75) is 37.9 Å². The second kappa shape index (κ2) is 3.33. The highest BCUT2D eigenvalue weighted by molar-refractivity contribution is 5.92. The van der Waals surface area contributed by atoms with Gasteiger partial charge in [-0.2, -0.15) is 0 Å². The first-order valence-electron chi connectivity index (χ1n) is 6.07. The van der Waals surface area contributed by atoms with Crippen LogP contribution in [0.5, 0.6) is 0 Å². The number of nitrogens with one attached hydrogen (secondary N) is 1. The number of nitrogens with zero attached hydrogens (tertiary/aromatic N) is 1. The third-order valence-electron chi connectivity index (χ3n) is 3.48. The number of benzene rings is 1. The molecule has 1 aromatic carbocycles. The molecule has 1 saturated heterocycles. The molecule has 2 atom stereocenters. The van der Waals surface area contributed by atoms with E-state index in [4.69, 9.17) is 4.74 Å². The fourth-order valence-electron chi connectivity index (χ4n) is 2.36. The van der Waals surface area contributed by atoms with E-state index in [0.717, 1.165) is 5.90 Å². The molecule has 1 aromatic rings. The summed E-state index contributed by atoms with van der Waals surface area (Å²) >= 11 is 0. The first-order chi connectivity index (χ1) is 8.01. The fraction of sp³-hybridized carbons (Fsp3) is 0.500. The van der Waals surface area contributed by atoms with E-state index < -0.39 is 0 Å². The first-order valence-corrected chi connectivity index (χ1v) is 6.07. The molecule has 1 fully saturated rings. The number of ether oxygens (including phenoxy) is 1. The van der Waals surface area contributed by atoms with Gasteiger partial charge >= 0.3 is 0 Å². The summed E-state index contributed by atoms with van der Waals surface area (Å²) < 4.78 is 5.73. The third kappa shape index (κ3) is 1.75. The van der Waals surface area contributed by atoms with Gasteiger partial charge in [0.15, 0.2) is 0 Å². The molecular formula is C14H18N2O. The first kappa shape index (κ1) is 10.8. The van der Waals surface area contributed by atoms with Gasteiger partial charge < -0.3 is 4.74 Å². The topological polar surface area (TPSA) is 43.5 Å². The zero-order chi connectivity index (χ0) is 12.1. The van der Waals surface area contributed by atoms with Crippen LogP contribution in [0.4, 0.5) is 0 Å². The summed E-state index contributed by atoms with van der Waals surface area (Å²) in [5.74, 6) is 0.858. The van der Waals surface area contributed by atoms with Crippen LogP contribution in [-0.4, -0.2) is 23.6 Å². The zero-order valence-corrected chi connectivity index (χ0v) is 10.5. The molecule has 2 heterocycles. The lowest BCUT2D eigenvalue weighted by atomic mass is 10.0. The van der Waals surface area contributed by atoms with Crippen LogP contribution in [0.3, 0.4) is 0 Å². The summed E-state index contributed by atoms with van der Waals surface area (Å²) in [5.41, 5.74) is 1.10. The summed E-state index contributed by atoms with van der Waals surface area (Å²) in [6, 6.07) is 10.8. The Kier molecular flexibility index (Phi) is 2.11. The van der Waals surface area contributed by atoms with Crippen LogP contribution >= 0.6 is 0 Å². The molecule has 0 saturated carbocycles. The molecule has 90 valence electrons. The molecule has 17 heavy (non-hydrogen) atoms. The van der Waals surface area contributed by atoms with Crippen molar-refractivity contribution < 1.29 is 4.74 Å². The van der Waals surface area contributed by atoms with Gasteiger partial charge in [0.2, 0.25) is 5.90 Å². The highest BCUT2D eigenvalue weighted by Gasteiger charge is 2.57. The van der Waals surface area contributed by atoms with Gasteiger partial charge in [-0.1, -0.05) is 30.3 Å². The van der Waals surface area contributed by atoms with Gasteiger partial charge in [0.1, 0.15) is 12.1 Å². The van der Waals surface area contributed by atoms with Crippen LogP contribution in [-0.2, 0) is 4.74 Å². The minimum atomic E-state index is -0.116. The third-order valence-corrected chi connectivity index (χ3v) is 3.48. The number of hydrogen-bond acceptors (Lipinski definition) is 3. The summed E-state index contributed by atoms with van der Waals surface area (Å²) in [7, 11) is 0. The molecule has 2 aliphatic heterocycles. The Morgan fingerprint density at radius 2 is 1.94 bits per heavy atom. The lowest BCUT2D eigenvalue weighted by Gasteiger charge is -2.08. The summed E-state index contributed by atoms with van der Waals surface area (Å²) in [6.07, 6.45) is 0. The Morgan fingerprint density at radius 3 is 2.53 bits per heavy atom. The molecule has 2 aliphatic rings. The Labute approximate surface area is 102 Å². The van der Waals surface area contributed by atoms with Crippen molar-refractivity contribution in [1.82, 2.24) is 5.32 Å². The van der Waals surface area contributed by atoms with E-state index in [9.17, 15) is 0 Å². The normalized spacial score (nSPS) is 34.1. The largest absolute Gasteiger partial charge is 0.477 e. The van der Waals surface area contributed by atoms with Crippen molar-refractivity contribution in [3.05, 3.63) is 35.9 Å². The van der Waals surface area contributed by atoms with Crippen molar-refractivity contribution in [2.24, 2.45) is 4.99 Å². The molecule has 0 aliphatic carbocycles. The Hall–Kier alpha value is -1.35. The molecule has 0 spiro atoms. The van der Waals surface area contributed by atoms with Gasteiger partial charge in [-0.05, 0) is 26.3 Å². The smallest absolute Gasteiger partial charge is 0.206 e. The maximum Gasteiger partial charge on any atom is 0.206 e. The van der Waals surface area contributed by atoms with E-state index in [-0.39, 0.29) is 11.1 Å². The van der Waals surface area contributed by atoms with Crippen molar-refractivity contribution in [3.63, 3.8) is 0 Å². The van der Waals surface area contributed by atoms with E-state index in [1.807, 2.05) is 6.07 Å². The summed E-state index contributed by atoms with van der Waals surface area (Å²) in [4.78, 5) is 4.66. The van der Waals surface area contributed by atoms with Crippen LogP contribution in [0.1, 0.15) is 32.4 Å². The van der Waals surface area contributed by atoms with Gasteiger partial charge in [0.25, 0.3) is 0 Å². The van der Waals surface area contributed by atoms with Crippen molar-refractivity contribution in [2.75, 3.05) is 6.61 Å². The average molecular weight is 230 g/mol. The van der Waals surface area contributed by atoms with E-state index >= 15 is 0 Å². The minimum Gasteiger partial charge on any atom is -0.477 e. The van der Waals surface area contributed by atoms with E-state index in [1.54, 1.807) is 0 Å². The molecule has 0 bridgehead atoms. The predicted octanol–water partition coefficient (Wildman–Crippen LogP) is 2.30. The summed E-state index contributed by atoms with van der Waals surface area (Å²) in [5, 5.41) is 3.49. The van der Waals surface area contributed by atoms with Gasteiger partial charge in [-0.3, -0.25) is 5.32 Å². The van der Waals surface area contributed by atoms with E-state index in [1.165, 1.54) is 5.56 Å². The standard InChI is InChI=1S/C14H18N2O/c1-13(2)9-17-12(16-13)14(3)11(15-14)10-7-5-4-6-8-10/h4-8,11,15H,9H2,1-3H3. The molecule has 0 amide bonds. The highest BCUT2D eigenvalue weighted by atomic mass is 16.5. The van der Waals surface area contributed by atoms with Crippen LogP contribution in [0.2, 0.25) is 0 Å². The maximum atomic E-state index is 5.73. The molecule has 1 N–H and O–H groups in total. The highest BCUT2D eigenvalue weighted by Crippen LogP contribution is 2.43. The lowest BCUT2D eigenvalue weighted by molar-refractivity contribution is 0.269. The average Bonchev–Trinajstić information content (AvgIpc) is 2.86. The van der Waals surface area contributed by atoms with Gasteiger partial charge in [0, 0.05) is 0 Å². The zero-order valence-electron chi connectivity index (χ0n) is 10.5. The monoisotopic (exact) mass is 230 g/mol. The van der Waals surface area contributed by atoms with E-state index in [0.29, 0.717) is 12.6 Å². The van der Waals surface area contributed by atoms with Crippen LogP contribution in [0.25, 0.3) is 0 Å². The van der Waals surface area contributed by atoms with Crippen molar-refractivity contribution in [3.8, 4) is 0 Å². The lowest BCUT2D eigenvalue weighted by Crippen LogP contribution is -2.24. The van der Waals surface area contributed by atoms with Crippen molar-refractivity contribution in [1.29, 1.82) is 0 Å². The fourth-order valence-corrected chi connectivity index (χ4v) is 2.36. The molecule has 0 radical (unpaired) electrons. The van der Waals surface area contributed by atoms with Gasteiger partial charge in [-0.25, -0.2) is 4.99 Å². The van der Waals surface area contributed by atoms with E-state index in [2.05, 4.69) is 55.3 Å². The Morgan fingerprint density at radius 1 is 1.24 bits per heavy atom. The molecule has 0 aromatic heterocycles. The van der Waals surface area contributed by atoms with Crippen molar-refractivity contribution >= 4 is 5.90 Å². The molecular weight excluding hydrogens is 212 g/mol. The molecule has 3 rings (SSSR count). The molecule has 2 unspecified atom stereocenters. The Bertz CT molecular complexity index is 466. The number of hydrogen-bond donors (Lipinski definition) is 1.